The van der Waals surface area contributed by atoms with Gasteiger partial charge in [-0.2, -0.15) is 13.2 Å². The van der Waals surface area contributed by atoms with Crippen LogP contribution in [0.2, 0.25) is 0 Å². The van der Waals surface area contributed by atoms with E-state index in [2.05, 4.69) is 10.3 Å². The van der Waals surface area contributed by atoms with Gasteiger partial charge in [0.25, 0.3) is 0 Å². The molecule has 2 heterocycles. The Morgan fingerprint density at radius 3 is 2.61 bits per heavy atom. The summed E-state index contributed by atoms with van der Waals surface area (Å²) in [7, 11) is 1.56. The summed E-state index contributed by atoms with van der Waals surface area (Å²) in [6.07, 6.45) is -4.48. The van der Waals surface area contributed by atoms with Crippen LogP contribution in [0.25, 0.3) is 5.70 Å². The minimum Gasteiger partial charge on any atom is -0.438 e. The van der Waals surface area contributed by atoms with Gasteiger partial charge in [0.15, 0.2) is 6.23 Å². The van der Waals surface area contributed by atoms with Gasteiger partial charge in [0.2, 0.25) is 5.88 Å². The number of carbonyl (C=O) groups excluding carboxylic acids is 1. The van der Waals surface area contributed by atoms with Crippen LogP contribution in [0.4, 0.5) is 18.0 Å². The zero-order chi connectivity index (χ0) is 20.6. The lowest BCUT2D eigenvalue weighted by atomic mass is 9.99. The molecule has 9 heteroatoms. The minimum absolute atomic E-state index is 0.173. The first kappa shape index (κ1) is 19.7. The molecular formula is C19H18F3N3O3. The molecule has 1 aromatic carbocycles. The van der Waals surface area contributed by atoms with Crippen molar-refractivity contribution in [2.45, 2.75) is 26.3 Å². The second kappa shape index (κ2) is 7.16. The second-order valence-electron chi connectivity index (χ2n) is 6.38. The van der Waals surface area contributed by atoms with Gasteiger partial charge in [-0.1, -0.05) is 0 Å². The smallest absolute Gasteiger partial charge is 0.421 e. The van der Waals surface area contributed by atoms with E-state index in [1.807, 2.05) is 0 Å². The SMILES string of the molecule is CC1=C(c2ccc(Oc3ncccc3C(F)(F)F)cc2C)N(C)C(=O)NC1O. The largest absolute Gasteiger partial charge is 0.438 e. The van der Waals surface area contributed by atoms with E-state index in [1.54, 1.807) is 33.0 Å². The van der Waals surface area contributed by atoms with Crippen LogP contribution in [0.5, 0.6) is 11.6 Å². The first-order valence-corrected chi connectivity index (χ1v) is 8.33. The van der Waals surface area contributed by atoms with Crippen LogP contribution < -0.4 is 10.1 Å². The number of hydrogen-bond acceptors (Lipinski definition) is 4. The zero-order valence-corrected chi connectivity index (χ0v) is 15.3. The molecule has 0 bridgehead atoms. The third-order valence-electron chi connectivity index (χ3n) is 4.43. The number of ether oxygens (including phenoxy) is 1. The van der Waals surface area contributed by atoms with Gasteiger partial charge in [-0.15, -0.1) is 0 Å². The fourth-order valence-electron chi connectivity index (χ4n) is 2.98. The molecule has 1 aromatic heterocycles. The van der Waals surface area contributed by atoms with Crippen molar-refractivity contribution in [2.75, 3.05) is 7.05 Å². The third-order valence-corrected chi connectivity index (χ3v) is 4.43. The van der Waals surface area contributed by atoms with Gasteiger partial charge in [0.1, 0.15) is 11.3 Å². The minimum atomic E-state index is -4.59. The Hall–Kier alpha value is -3.07. The summed E-state index contributed by atoms with van der Waals surface area (Å²) in [5, 5.41) is 12.4. The first-order chi connectivity index (χ1) is 13.1. The van der Waals surface area contributed by atoms with Gasteiger partial charge in [0, 0.05) is 18.8 Å². The summed E-state index contributed by atoms with van der Waals surface area (Å²) in [6, 6.07) is 6.29. The molecule has 1 unspecified atom stereocenters. The van der Waals surface area contributed by atoms with Crippen molar-refractivity contribution in [1.82, 2.24) is 15.2 Å². The Bertz CT molecular complexity index is 957. The van der Waals surface area contributed by atoms with Crippen molar-refractivity contribution < 1.29 is 27.8 Å². The van der Waals surface area contributed by atoms with Crippen LogP contribution in [-0.4, -0.2) is 34.3 Å². The molecule has 3 rings (SSSR count). The highest BCUT2D eigenvalue weighted by atomic mass is 19.4. The average Bonchev–Trinajstić information content (AvgIpc) is 2.61. The number of aliphatic hydroxyl groups is 1. The number of nitrogens with one attached hydrogen (secondary N) is 1. The van der Waals surface area contributed by atoms with Crippen molar-refractivity contribution in [3.8, 4) is 11.6 Å². The van der Waals surface area contributed by atoms with Gasteiger partial charge in [-0.25, -0.2) is 9.78 Å². The lowest BCUT2D eigenvalue weighted by Gasteiger charge is -2.32. The van der Waals surface area contributed by atoms with E-state index in [0.717, 1.165) is 6.07 Å². The molecule has 2 N–H and O–H groups in total. The molecule has 1 atom stereocenters. The van der Waals surface area contributed by atoms with E-state index in [1.165, 1.54) is 23.2 Å². The van der Waals surface area contributed by atoms with Crippen molar-refractivity contribution in [3.63, 3.8) is 0 Å². The predicted molar refractivity (Wildman–Crippen MR) is 95.4 cm³/mol. The molecule has 6 nitrogen and oxygen atoms in total. The van der Waals surface area contributed by atoms with Crippen LogP contribution >= 0.6 is 0 Å². The zero-order valence-electron chi connectivity index (χ0n) is 15.3. The topological polar surface area (TPSA) is 74.7 Å². The number of halogens is 3. The number of hydrogen-bond donors (Lipinski definition) is 2. The fourth-order valence-corrected chi connectivity index (χ4v) is 2.98. The maximum Gasteiger partial charge on any atom is 0.421 e. The molecule has 0 saturated heterocycles. The number of nitrogens with zero attached hydrogens (tertiary/aromatic N) is 2. The summed E-state index contributed by atoms with van der Waals surface area (Å²) in [6.45, 7) is 3.42. The van der Waals surface area contributed by atoms with Crippen LogP contribution in [0.15, 0.2) is 42.1 Å². The predicted octanol–water partition coefficient (Wildman–Crippen LogP) is 3.91. The van der Waals surface area contributed by atoms with Crippen molar-refractivity contribution in [2.24, 2.45) is 0 Å². The van der Waals surface area contributed by atoms with Gasteiger partial charge >= 0.3 is 12.2 Å². The summed E-state index contributed by atoms with van der Waals surface area (Å²) >= 11 is 0. The van der Waals surface area contributed by atoms with Crippen molar-refractivity contribution >= 4 is 11.7 Å². The monoisotopic (exact) mass is 393 g/mol. The number of aryl methyl sites for hydroxylation is 1. The van der Waals surface area contributed by atoms with Gasteiger partial charge in [0.05, 0.1) is 5.70 Å². The molecular weight excluding hydrogens is 375 g/mol. The van der Waals surface area contributed by atoms with E-state index >= 15 is 0 Å². The average molecular weight is 393 g/mol. The number of carbonyl (C=O) groups is 1. The van der Waals surface area contributed by atoms with Gasteiger partial charge in [-0.3, -0.25) is 4.90 Å². The Balaban J connectivity index is 1.97. The van der Waals surface area contributed by atoms with Crippen LogP contribution in [0.1, 0.15) is 23.6 Å². The standard InChI is InChI=1S/C19H18F3N3O3/c1-10-9-12(28-17-14(19(20,21)22)5-4-8-23-17)6-7-13(10)15-11(2)16(26)24-18(27)25(15)3/h4-9,16,26H,1-3H3,(H,24,27). The highest BCUT2D eigenvalue weighted by molar-refractivity contribution is 5.90. The Labute approximate surface area is 159 Å². The second-order valence-corrected chi connectivity index (χ2v) is 6.38. The lowest BCUT2D eigenvalue weighted by Crippen LogP contribution is -2.48. The number of benzene rings is 1. The van der Waals surface area contributed by atoms with E-state index in [9.17, 15) is 23.1 Å². The fraction of sp³-hybridized carbons (Fsp3) is 0.263. The number of urea groups is 1. The Morgan fingerprint density at radius 1 is 1.25 bits per heavy atom. The molecule has 2 aromatic rings. The van der Waals surface area contributed by atoms with E-state index in [-0.39, 0.29) is 5.75 Å². The number of amides is 2. The molecule has 28 heavy (non-hydrogen) atoms. The van der Waals surface area contributed by atoms with Gasteiger partial charge < -0.3 is 15.2 Å². The Morgan fingerprint density at radius 2 is 1.96 bits per heavy atom. The maximum atomic E-state index is 13.1. The van der Waals surface area contributed by atoms with Gasteiger partial charge in [-0.05, 0) is 55.3 Å². The van der Waals surface area contributed by atoms with Crippen molar-refractivity contribution in [3.05, 3.63) is 58.8 Å². The molecule has 1 aliphatic heterocycles. The number of aliphatic hydroxyl groups excluding tert-OH is 1. The summed E-state index contributed by atoms with van der Waals surface area (Å²) in [4.78, 5) is 17.0. The molecule has 0 radical (unpaired) electrons. The third kappa shape index (κ3) is 3.65. The summed E-state index contributed by atoms with van der Waals surface area (Å²) < 4.78 is 44.7. The van der Waals surface area contributed by atoms with Crippen LogP contribution in [0.3, 0.4) is 0 Å². The number of rotatable bonds is 3. The normalized spacial score (nSPS) is 17.6. The molecule has 148 valence electrons. The quantitative estimate of drug-likeness (QED) is 0.829. The highest BCUT2D eigenvalue weighted by Gasteiger charge is 2.35. The number of alkyl halides is 3. The summed E-state index contributed by atoms with van der Waals surface area (Å²) in [5.74, 6) is -0.366. The maximum absolute atomic E-state index is 13.1. The molecule has 1 aliphatic rings. The Kier molecular flexibility index (Phi) is 5.03. The highest BCUT2D eigenvalue weighted by Crippen LogP contribution is 2.37. The first-order valence-electron chi connectivity index (χ1n) is 8.33. The molecule has 0 aliphatic carbocycles. The summed E-state index contributed by atoms with van der Waals surface area (Å²) in [5.41, 5.74) is 1.41. The molecule has 0 saturated carbocycles. The van der Waals surface area contributed by atoms with Crippen LogP contribution in [-0.2, 0) is 6.18 Å². The molecule has 0 spiro atoms. The van der Waals surface area contributed by atoms with Crippen molar-refractivity contribution in [1.29, 1.82) is 0 Å². The molecule has 0 fully saturated rings. The molecule has 2 amide bonds. The number of pyridine rings is 1. The lowest BCUT2D eigenvalue weighted by molar-refractivity contribution is -0.138. The van der Waals surface area contributed by atoms with Crippen LogP contribution in [0, 0.1) is 6.92 Å². The number of aromatic nitrogens is 1. The van der Waals surface area contributed by atoms with E-state index in [0.29, 0.717) is 22.4 Å². The van der Waals surface area contributed by atoms with E-state index < -0.39 is 29.9 Å². The van der Waals surface area contributed by atoms with E-state index in [4.69, 9.17) is 4.74 Å².